The molecule has 1 aliphatic rings. The number of carbonyl (C=O) groups is 1. The van der Waals surface area contributed by atoms with Gasteiger partial charge in [0.05, 0.1) is 5.52 Å². The van der Waals surface area contributed by atoms with Crippen LogP contribution in [-0.2, 0) is 0 Å². The number of piperidine rings is 1. The van der Waals surface area contributed by atoms with E-state index in [9.17, 15) is 9.90 Å². The summed E-state index contributed by atoms with van der Waals surface area (Å²) in [6.45, 7) is 1.81. The van der Waals surface area contributed by atoms with Crippen molar-refractivity contribution in [2.75, 3.05) is 18.8 Å². The van der Waals surface area contributed by atoms with Gasteiger partial charge in [-0.15, -0.1) is 0 Å². The Morgan fingerprint density at radius 2 is 2.37 bits per heavy atom. The average molecular weight is 260 g/mol. The van der Waals surface area contributed by atoms with E-state index in [1.807, 2.05) is 0 Å². The van der Waals surface area contributed by atoms with Crippen LogP contribution < -0.4 is 11.1 Å². The zero-order valence-corrected chi connectivity index (χ0v) is 10.5. The summed E-state index contributed by atoms with van der Waals surface area (Å²) >= 11 is 0. The lowest BCUT2D eigenvalue weighted by Crippen LogP contribution is -2.29. The number of nitrogens with two attached hydrogens (primary N) is 1. The van der Waals surface area contributed by atoms with E-state index in [1.54, 1.807) is 22.6 Å². The summed E-state index contributed by atoms with van der Waals surface area (Å²) in [6, 6.07) is 5.26. The Balaban J connectivity index is 2.20. The fourth-order valence-electron chi connectivity index (χ4n) is 2.69. The summed E-state index contributed by atoms with van der Waals surface area (Å²) in [5.74, 6) is 0.466. The predicted molar refractivity (Wildman–Crippen MR) is 71.4 cm³/mol. The number of imidazole rings is 1. The summed E-state index contributed by atoms with van der Waals surface area (Å²) in [6.07, 6.45) is 2.06. The largest absolute Gasteiger partial charge is 0.476 e. The quantitative estimate of drug-likeness (QED) is 0.751. The van der Waals surface area contributed by atoms with Crippen molar-refractivity contribution in [1.29, 1.82) is 0 Å². The van der Waals surface area contributed by atoms with Gasteiger partial charge in [-0.05, 0) is 31.5 Å². The number of hydrogen-bond acceptors (Lipinski definition) is 4. The Morgan fingerprint density at radius 1 is 1.53 bits per heavy atom. The van der Waals surface area contributed by atoms with Gasteiger partial charge in [0, 0.05) is 12.5 Å². The Bertz CT molecular complexity index is 629. The maximum absolute atomic E-state index is 11.3. The lowest BCUT2D eigenvalue weighted by Gasteiger charge is -2.22. The molecule has 6 heteroatoms. The number of aromatic carboxylic acids is 1. The highest BCUT2D eigenvalue weighted by molar-refractivity contribution is 5.94. The lowest BCUT2D eigenvalue weighted by molar-refractivity contribution is 0.0693. The predicted octanol–water partition coefficient (Wildman–Crippen LogP) is 1.08. The Labute approximate surface area is 110 Å². The van der Waals surface area contributed by atoms with Gasteiger partial charge in [0.15, 0.2) is 5.69 Å². The van der Waals surface area contributed by atoms with Crippen molar-refractivity contribution in [3.63, 3.8) is 0 Å². The molecule has 0 aliphatic carbocycles. The Kier molecular flexibility index (Phi) is 2.87. The SMILES string of the molecule is Nc1cccc2c(C(=O)O)nc(C3CCCNC3)n12. The molecule has 1 aliphatic heterocycles. The molecular weight excluding hydrogens is 244 g/mol. The number of carboxylic acids is 1. The first kappa shape index (κ1) is 12.0. The first-order valence-electron chi connectivity index (χ1n) is 6.39. The van der Waals surface area contributed by atoms with E-state index in [1.165, 1.54) is 0 Å². The molecule has 0 saturated carbocycles. The van der Waals surface area contributed by atoms with Gasteiger partial charge in [-0.2, -0.15) is 0 Å². The maximum Gasteiger partial charge on any atom is 0.356 e. The zero-order valence-electron chi connectivity index (χ0n) is 10.5. The number of pyridine rings is 1. The number of fused-ring (bicyclic) bond motifs is 1. The molecule has 0 aromatic carbocycles. The lowest BCUT2D eigenvalue weighted by atomic mass is 9.99. The summed E-state index contributed by atoms with van der Waals surface area (Å²) < 4.78 is 1.76. The van der Waals surface area contributed by atoms with Crippen molar-refractivity contribution >= 4 is 17.3 Å². The van der Waals surface area contributed by atoms with Crippen LogP contribution in [0.25, 0.3) is 5.52 Å². The van der Waals surface area contributed by atoms with Gasteiger partial charge in [0.2, 0.25) is 0 Å². The van der Waals surface area contributed by atoms with Crippen LogP contribution in [0.15, 0.2) is 18.2 Å². The van der Waals surface area contributed by atoms with Gasteiger partial charge in [-0.3, -0.25) is 4.40 Å². The highest BCUT2D eigenvalue weighted by Gasteiger charge is 2.25. The average Bonchev–Trinajstić information content (AvgIpc) is 2.81. The molecule has 1 unspecified atom stereocenters. The van der Waals surface area contributed by atoms with E-state index >= 15 is 0 Å². The van der Waals surface area contributed by atoms with Crippen molar-refractivity contribution in [3.8, 4) is 0 Å². The molecule has 0 spiro atoms. The van der Waals surface area contributed by atoms with Crippen LogP contribution in [0, 0.1) is 0 Å². The molecule has 1 fully saturated rings. The second-order valence-electron chi connectivity index (χ2n) is 4.84. The van der Waals surface area contributed by atoms with E-state index < -0.39 is 5.97 Å². The molecule has 0 amide bonds. The smallest absolute Gasteiger partial charge is 0.356 e. The molecule has 2 aromatic heterocycles. The van der Waals surface area contributed by atoms with Crippen LogP contribution in [-0.4, -0.2) is 33.6 Å². The standard InChI is InChI=1S/C13H16N4O2/c14-10-5-1-4-9-11(13(18)19)16-12(17(9)10)8-3-2-6-15-7-8/h1,4-5,8,15H,2-3,6-7,14H2,(H,18,19). The summed E-state index contributed by atoms with van der Waals surface area (Å²) in [4.78, 5) is 15.6. The van der Waals surface area contributed by atoms with E-state index in [4.69, 9.17) is 5.73 Å². The highest BCUT2D eigenvalue weighted by atomic mass is 16.4. The number of nitrogens with zero attached hydrogens (tertiary/aromatic N) is 2. The molecule has 1 saturated heterocycles. The molecule has 100 valence electrons. The number of aromatic nitrogens is 2. The third-order valence-corrected chi connectivity index (χ3v) is 3.58. The number of carboxylic acid groups (broad SMARTS) is 1. The fraction of sp³-hybridized carbons (Fsp3) is 0.385. The fourth-order valence-corrected chi connectivity index (χ4v) is 2.69. The van der Waals surface area contributed by atoms with Crippen molar-refractivity contribution in [2.45, 2.75) is 18.8 Å². The second-order valence-corrected chi connectivity index (χ2v) is 4.84. The van der Waals surface area contributed by atoms with E-state index in [-0.39, 0.29) is 11.6 Å². The molecular formula is C13H16N4O2. The molecule has 2 aromatic rings. The topological polar surface area (TPSA) is 92.7 Å². The second kappa shape index (κ2) is 4.55. The van der Waals surface area contributed by atoms with Crippen molar-refractivity contribution in [3.05, 3.63) is 29.7 Å². The number of nitrogens with one attached hydrogen (secondary N) is 1. The van der Waals surface area contributed by atoms with Crippen LogP contribution >= 0.6 is 0 Å². The van der Waals surface area contributed by atoms with Gasteiger partial charge < -0.3 is 16.2 Å². The van der Waals surface area contributed by atoms with E-state index in [0.29, 0.717) is 11.3 Å². The van der Waals surface area contributed by atoms with Crippen LogP contribution in [0.4, 0.5) is 5.82 Å². The number of rotatable bonds is 2. The molecule has 1 atom stereocenters. The van der Waals surface area contributed by atoms with E-state index in [2.05, 4.69) is 10.3 Å². The first-order chi connectivity index (χ1) is 9.18. The number of hydrogen-bond donors (Lipinski definition) is 3. The third kappa shape index (κ3) is 1.94. The molecule has 4 N–H and O–H groups in total. The zero-order chi connectivity index (χ0) is 13.4. The van der Waals surface area contributed by atoms with Gasteiger partial charge in [0.25, 0.3) is 0 Å². The Hall–Kier alpha value is -2.08. The molecule has 3 rings (SSSR count). The van der Waals surface area contributed by atoms with Crippen molar-refractivity contribution in [1.82, 2.24) is 14.7 Å². The molecule has 0 bridgehead atoms. The van der Waals surface area contributed by atoms with Gasteiger partial charge in [-0.25, -0.2) is 9.78 Å². The highest BCUT2D eigenvalue weighted by Crippen LogP contribution is 2.27. The normalized spacial score (nSPS) is 19.7. The summed E-state index contributed by atoms with van der Waals surface area (Å²) in [5.41, 5.74) is 6.63. The van der Waals surface area contributed by atoms with Crippen LogP contribution in [0.3, 0.4) is 0 Å². The summed E-state index contributed by atoms with van der Waals surface area (Å²) in [5, 5.41) is 12.6. The van der Waals surface area contributed by atoms with Gasteiger partial charge in [-0.1, -0.05) is 6.07 Å². The van der Waals surface area contributed by atoms with Crippen molar-refractivity contribution < 1.29 is 9.90 Å². The molecule has 6 nitrogen and oxygen atoms in total. The third-order valence-electron chi connectivity index (χ3n) is 3.58. The summed E-state index contributed by atoms with van der Waals surface area (Å²) in [7, 11) is 0. The molecule has 3 heterocycles. The Morgan fingerprint density at radius 3 is 3.05 bits per heavy atom. The number of anilines is 1. The maximum atomic E-state index is 11.3. The molecule has 19 heavy (non-hydrogen) atoms. The monoisotopic (exact) mass is 260 g/mol. The van der Waals surface area contributed by atoms with Crippen LogP contribution in [0.2, 0.25) is 0 Å². The number of nitrogen functional groups attached to an aromatic ring is 1. The van der Waals surface area contributed by atoms with E-state index in [0.717, 1.165) is 31.8 Å². The minimum Gasteiger partial charge on any atom is -0.476 e. The van der Waals surface area contributed by atoms with Gasteiger partial charge >= 0.3 is 5.97 Å². The first-order valence-corrected chi connectivity index (χ1v) is 6.39. The molecule has 0 radical (unpaired) electrons. The van der Waals surface area contributed by atoms with Crippen molar-refractivity contribution in [2.24, 2.45) is 0 Å². The van der Waals surface area contributed by atoms with Gasteiger partial charge in [0.1, 0.15) is 11.6 Å². The minimum atomic E-state index is -1.02. The van der Waals surface area contributed by atoms with Crippen LogP contribution in [0.1, 0.15) is 35.1 Å². The minimum absolute atomic E-state index is 0.0767. The van der Waals surface area contributed by atoms with Crippen LogP contribution in [0.5, 0.6) is 0 Å².